The van der Waals surface area contributed by atoms with E-state index in [9.17, 15) is 9.18 Å². The quantitative estimate of drug-likeness (QED) is 0.571. The van der Waals surface area contributed by atoms with Crippen molar-refractivity contribution in [1.82, 2.24) is 4.57 Å². The molecule has 0 bridgehead atoms. The summed E-state index contributed by atoms with van der Waals surface area (Å²) < 4.78 is 16.2. The third-order valence-electron chi connectivity index (χ3n) is 4.14. The molecule has 1 aromatic heterocycles. The van der Waals surface area contributed by atoms with Crippen LogP contribution in [0.5, 0.6) is 0 Å². The fourth-order valence-electron chi connectivity index (χ4n) is 2.66. The van der Waals surface area contributed by atoms with Crippen LogP contribution in [-0.2, 0) is 11.3 Å². The molecule has 0 aliphatic carbocycles. The summed E-state index contributed by atoms with van der Waals surface area (Å²) >= 11 is 2.93. The molecule has 3 nitrogen and oxygen atoms in total. The van der Waals surface area contributed by atoms with Crippen LogP contribution in [0.4, 0.5) is 4.39 Å². The Kier molecular flexibility index (Phi) is 5.94. The van der Waals surface area contributed by atoms with Gasteiger partial charge in [0, 0.05) is 11.4 Å². The lowest BCUT2D eigenvalue weighted by Gasteiger charge is -2.05. The van der Waals surface area contributed by atoms with Gasteiger partial charge in [0.1, 0.15) is 5.82 Å². The Morgan fingerprint density at radius 1 is 1.19 bits per heavy atom. The van der Waals surface area contributed by atoms with E-state index < -0.39 is 0 Å². The minimum atomic E-state index is -0.276. The first kappa shape index (κ1) is 18.9. The molecule has 3 aromatic rings. The summed E-state index contributed by atoms with van der Waals surface area (Å²) in [6, 6.07) is 10.5. The summed E-state index contributed by atoms with van der Waals surface area (Å²) in [6.07, 6.45) is 0.977. The lowest BCUT2D eigenvalue weighted by molar-refractivity contribution is -0.115. The molecule has 2 aromatic carbocycles. The molecule has 136 valence electrons. The zero-order valence-corrected chi connectivity index (χ0v) is 16.7. The third-order valence-corrected chi connectivity index (χ3v) is 6.18. The molecule has 0 atom stereocenters. The highest BCUT2D eigenvalue weighted by atomic mass is 32.2. The number of rotatable bonds is 5. The third kappa shape index (κ3) is 4.24. The number of thiazole rings is 1. The van der Waals surface area contributed by atoms with Crippen molar-refractivity contribution in [3.05, 3.63) is 58.1 Å². The molecule has 0 unspecified atom stereocenters. The predicted octanol–water partition coefficient (Wildman–Crippen LogP) is 5.09. The van der Waals surface area contributed by atoms with Crippen molar-refractivity contribution < 1.29 is 9.18 Å². The molecule has 0 radical (unpaired) electrons. The first-order valence-electron chi connectivity index (χ1n) is 8.54. The Morgan fingerprint density at radius 2 is 1.88 bits per heavy atom. The van der Waals surface area contributed by atoms with E-state index in [2.05, 4.69) is 42.5 Å². The molecule has 0 saturated carbocycles. The van der Waals surface area contributed by atoms with E-state index >= 15 is 0 Å². The number of nitrogens with zero attached hydrogens (tertiary/aromatic N) is 2. The SMILES string of the molecule is CCCn1c(=NC(=O)CSc2ccc(F)cc2)sc2cc(C)c(C)cc21. The number of carbonyl (C=O) groups is 1. The van der Waals surface area contributed by atoms with Gasteiger partial charge in [-0.2, -0.15) is 4.99 Å². The van der Waals surface area contributed by atoms with Gasteiger partial charge < -0.3 is 4.57 Å². The van der Waals surface area contributed by atoms with Crippen molar-refractivity contribution >= 4 is 39.2 Å². The Labute approximate surface area is 160 Å². The lowest BCUT2D eigenvalue weighted by Crippen LogP contribution is -2.17. The number of halogens is 1. The summed E-state index contributed by atoms with van der Waals surface area (Å²) in [5, 5.41) is 0. The van der Waals surface area contributed by atoms with E-state index in [0.717, 1.165) is 32.9 Å². The van der Waals surface area contributed by atoms with Gasteiger partial charge in [0.05, 0.1) is 16.0 Å². The number of hydrogen-bond donors (Lipinski definition) is 0. The zero-order chi connectivity index (χ0) is 18.7. The van der Waals surface area contributed by atoms with E-state index in [1.807, 2.05) is 0 Å². The van der Waals surface area contributed by atoms with Crippen LogP contribution in [0.3, 0.4) is 0 Å². The molecule has 0 aliphatic heterocycles. The average Bonchev–Trinajstić information content (AvgIpc) is 2.92. The van der Waals surface area contributed by atoms with Gasteiger partial charge in [-0.05, 0) is 67.8 Å². The molecule has 0 fully saturated rings. The number of fused-ring (bicyclic) bond motifs is 1. The fourth-order valence-corrected chi connectivity index (χ4v) is 4.50. The Bertz CT molecular complexity index is 1000. The van der Waals surface area contributed by atoms with Gasteiger partial charge >= 0.3 is 0 Å². The minimum absolute atomic E-state index is 0.177. The first-order chi connectivity index (χ1) is 12.5. The summed E-state index contributed by atoms with van der Waals surface area (Å²) in [4.78, 5) is 18.3. The Hall–Kier alpha value is -1.92. The van der Waals surface area contributed by atoms with E-state index in [-0.39, 0.29) is 17.5 Å². The fraction of sp³-hybridized carbons (Fsp3) is 0.300. The molecule has 0 spiro atoms. The van der Waals surface area contributed by atoms with Crippen LogP contribution < -0.4 is 4.80 Å². The van der Waals surface area contributed by atoms with Crippen LogP contribution in [0, 0.1) is 19.7 Å². The summed E-state index contributed by atoms with van der Waals surface area (Å²) in [5.74, 6) is -0.213. The molecular formula is C20H21FN2OS2. The number of thioether (sulfide) groups is 1. The average molecular weight is 389 g/mol. The maximum atomic E-state index is 13.0. The topological polar surface area (TPSA) is 34.4 Å². The van der Waals surface area contributed by atoms with Crippen molar-refractivity contribution in [1.29, 1.82) is 0 Å². The zero-order valence-electron chi connectivity index (χ0n) is 15.1. The normalized spacial score (nSPS) is 12.1. The monoisotopic (exact) mass is 388 g/mol. The lowest BCUT2D eigenvalue weighted by atomic mass is 10.1. The van der Waals surface area contributed by atoms with Crippen LogP contribution in [0.1, 0.15) is 24.5 Å². The van der Waals surface area contributed by atoms with E-state index in [4.69, 9.17) is 0 Å². The molecule has 0 N–H and O–H groups in total. The molecular weight excluding hydrogens is 367 g/mol. The van der Waals surface area contributed by atoms with Crippen molar-refractivity contribution in [3.63, 3.8) is 0 Å². The number of amides is 1. The Balaban J connectivity index is 1.88. The molecule has 3 rings (SSSR count). The molecule has 6 heteroatoms. The van der Waals surface area contributed by atoms with E-state index in [1.54, 1.807) is 23.5 Å². The predicted molar refractivity (Wildman–Crippen MR) is 107 cm³/mol. The molecule has 26 heavy (non-hydrogen) atoms. The number of benzene rings is 2. The highest BCUT2D eigenvalue weighted by molar-refractivity contribution is 8.00. The molecule has 0 saturated heterocycles. The number of aromatic nitrogens is 1. The van der Waals surface area contributed by atoms with Crippen LogP contribution in [-0.4, -0.2) is 16.2 Å². The van der Waals surface area contributed by atoms with Crippen LogP contribution in [0.15, 0.2) is 46.3 Å². The minimum Gasteiger partial charge on any atom is -0.316 e. The highest BCUT2D eigenvalue weighted by Crippen LogP contribution is 2.22. The maximum absolute atomic E-state index is 13.0. The van der Waals surface area contributed by atoms with Crippen molar-refractivity contribution in [3.8, 4) is 0 Å². The van der Waals surface area contributed by atoms with Gasteiger partial charge in [0.2, 0.25) is 0 Å². The van der Waals surface area contributed by atoms with E-state index in [1.165, 1.54) is 35.0 Å². The van der Waals surface area contributed by atoms with Gasteiger partial charge in [0.15, 0.2) is 4.80 Å². The van der Waals surface area contributed by atoms with Crippen molar-refractivity contribution in [2.45, 2.75) is 38.6 Å². The van der Waals surface area contributed by atoms with Gasteiger partial charge in [0.25, 0.3) is 5.91 Å². The summed E-state index contributed by atoms with van der Waals surface area (Å²) in [7, 11) is 0. The van der Waals surface area contributed by atoms with Gasteiger partial charge in [-0.25, -0.2) is 4.39 Å². The second kappa shape index (κ2) is 8.18. The van der Waals surface area contributed by atoms with E-state index in [0.29, 0.717) is 0 Å². The summed E-state index contributed by atoms with van der Waals surface area (Å²) in [5.41, 5.74) is 3.62. The molecule has 0 aliphatic rings. The number of carbonyl (C=O) groups excluding carboxylic acids is 1. The Morgan fingerprint density at radius 3 is 2.58 bits per heavy atom. The van der Waals surface area contributed by atoms with Gasteiger partial charge in [-0.3, -0.25) is 4.79 Å². The summed E-state index contributed by atoms with van der Waals surface area (Å²) in [6.45, 7) is 7.15. The molecule has 1 amide bonds. The van der Waals surface area contributed by atoms with Crippen molar-refractivity contribution in [2.24, 2.45) is 4.99 Å². The number of aryl methyl sites for hydroxylation is 3. The second-order valence-electron chi connectivity index (χ2n) is 6.19. The molecule has 1 heterocycles. The first-order valence-corrected chi connectivity index (χ1v) is 10.3. The smallest absolute Gasteiger partial charge is 0.258 e. The second-order valence-corrected chi connectivity index (χ2v) is 8.25. The van der Waals surface area contributed by atoms with Gasteiger partial charge in [-0.15, -0.1) is 11.8 Å². The van der Waals surface area contributed by atoms with Crippen LogP contribution in [0.25, 0.3) is 10.2 Å². The van der Waals surface area contributed by atoms with Crippen LogP contribution >= 0.6 is 23.1 Å². The number of hydrogen-bond acceptors (Lipinski definition) is 3. The standard InChI is InChI=1S/C20H21FN2OS2/c1-4-9-23-17-10-13(2)14(3)11-18(17)26-20(23)22-19(24)12-25-16-7-5-15(21)6-8-16/h5-8,10-11H,4,9,12H2,1-3H3. The maximum Gasteiger partial charge on any atom is 0.258 e. The van der Waals surface area contributed by atoms with Crippen LogP contribution in [0.2, 0.25) is 0 Å². The van der Waals surface area contributed by atoms with Gasteiger partial charge in [-0.1, -0.05) is 18.3 Å². The van der Waals surface area contributed by atoms with Crippen molar-refractivity contribution in [2.75, 3.05) is 5.75 Å². The highest BCUT2D eigenvalue weighted by Gasteiger charge is 2.09. The largest absolute Gasteiger partial charge is 0.316 e.